The molecule has 0 fully saturated rings. The number of methoxy groups -OCH3 is 1. The molecule has 2 aromatic carbocycles. The summed E-state index contributed by atoms with van der Waals surface area (Å²) in [5.74, 6) is -0.408. The predicted molar refractivity (Wildman–Crippen MR) is 113 cm³/mol. The van der Waals surface area contributed by atoms with Gasteiger partial charge in [-0.3, -0.25) is 14.9 Å². The van der Waals surface area contributed by atoms with Crippen molar-refractivity contribution in [1.82, 2.24) is 5.32 Å². The third-order valence-corrected chi connectivity index (χ3v) is 4.69. The molecule has 0 aliphatic carbocycles. The van der Waals surface area contributed by atoms with Gasteiger partial charge in [0.05, 0.1) is 23.8 Å². The number of nitrogens with zero attached hydrogens (tertiary/aromatic N) is 2. The molecular weight excluding hydrogens is 388 g/mol. The molecule has 1 atom stereocenters. The maximum absolute atomic E-state index is 12.5. The Hall–Kier alpha value is -3.46. The second-order valence-corrected chi connectivity index (χ2v) is 6.95. The lowest BCUT2D eigenvalue weighted by atomic mass is 10.0. The van der Waals surface area contributed by atoms with Gasteiger partial charge in [-0.1, -0.05) is 35.0 Å². The molecule has 0 spiro atoms. The zero-order valence-corrected chi connectivity index (χ0v) is 16.9. The van der Waals surface area contributed by atoms with E-state index < -0.39 is 10.8 Å². The number of rotatable bonds is 9. The number of hydrogen-bond donors (Lipinski definition) is 2. The molecule has 3 rings (SSSR count). The maximum atomic E-state index is 12.5. The summed E-state index contributed by atoms with van der Waals surface area (Å²) >= 11 is 0. The number of oxime groups is 1. The average Bonchev–Trinajstić information content (AvgIpc) is 3.22. The van der Waals surface area contributed by atoms with E-state index in [0.717, 1.165) is 16.8 Å². The third kappa shape index (κ3) is 5.32. The van der Waals surface area contributed by atoms with Gasteiger partial charge in [0.25, 0.3) is 11.6 Å². The fourth-order valence-corrected chi connectivity index (χ4v) is 3.02. The zero-order chi connectivity index (χ0) is 21.5. The van der Waals surface area contributed by atoms with Gasteiger partial charge in [0.1, 0.15) is 11.8 Å². The second-order valence-electron chi connectivity index (χ2n) is 6.95. The number of ether oxygens (including phenoxy) is 1. The standard InChI is InChI=1S/C21H24N4O5/c1-14-3-5-15(6-4-14)19-12-17(30-24-19)13-23-21(26)16-7-8-18(22-9-10-29-2)20(11-16)25(27)28/h3-8,11,17,22H,9-10,12-13H2,1-2H3,(H,23,26)/t17-/m1/s1. The minimum Gasteiger partial charge on any atom is -0.390 e. The van der Waals surface area contributed by atoms with Crippen molar-refractivity contribution in [1.29, 1.82) is 0 Å². The molecule has 158 valence electrons. The molecule has 30 heavy (non-hydrogen) atoms. The number of aryl methyl sites for hydroxylation is 1. The monoisotopic (exact) mass is 412 g/mol. The van der Waals surface area contributed by atoms with Crippen molar-refractivity contribution in [3.8, 4) is 0 Å². The summed E-state index contributed by atoms with van der Waals surface area (Å²) in [5.41, 5.74) is 3.36. The Morgan fingerprint density at radius 1 is 1.30 bits per heavy atom. The van der Waals surface area contributed by atoms with Gasteiger partial charge in [-0.05, 0) is 24.6 Å². The van der Waals surface area contributed by atoms with E-state index in [2.05, 4.69) is 15.8 Å². The molecule has 2 aromatic rings. The summed E-state index contributed by atoms with van der Waals surface area (Å²) < 4.78 is 4.93. The number of carbonyl (C=O) groups is 1. The van der Waals surface area contributed by atoms with Crippen LogP contribution in [0.25, 0.3) is 0 Å². The number of nitrogens with one attached hydrogen (secondary N) is 2. The first-order valence-electron chi connectivity index (χ1n) is 9.57. The first kappa shape index (κ1) is 21.3. The first-order chi connectivity index (χ1) is 14.5. The van der Waals surface area contributed by atoms with E-state index in [1.165, 1.54) is 12.1 Å². The third-order valence-electron chi connectivity index (χ3n) is 4.69. The number of carbonyl (C=O) groups excluding carboxylic acids is 1. The SMILES string of the molecule is COCCNc1ccc(C(=O)NC[C@H]2CC(c3ccc(C)cc3)=NO2)cc1[N+](=O)[O-]. The highest BCUT2D eigenvalue weighted by Crippen LogP contribution is 2.25. The van der Waals surface area contributed by atoms with Crippen LogP contribution in [0.1, 0.15) is 27.9 Å². The van der Waals surface area contributed by atoms with E-state index in [4.69, 9.17) is 9.57 Å². The summed E-state index contributed by atoms with van der Waals surface area (Å²) in [6.07, 6.45) is 0.293. The van der Waals surface area contributed by atoms with Crippen LogP contribution in [0.4, 0.5) is 11.4 Å². The van der Waals surface area contributed by atoms with Crippen LogP contribution in [0.3, 0.4) is 0 Å². The molecule has 0 radical (unpaired) electrons. The molecule has 9 heteroatoms. The smallest absolute Gasteiger partial charge is 0.293 e. The molecule has 0 saturated heterocycles. The Labute approximate surface area is 174 Å². The van der Waals surface area contributed by atoms with Crippen molar-refractivity contribution in [3.63, 3.8) is 0 Å². The Bertz CT molecular complexity index is 943. The van der Waals surface area contributed by atoms with Crippen LogP contribution in [0, 0.1) is 17.0 Å². The Balaban J connectivity index is 1.56. The van der Waals surface area contributed by atoms with Crippen molar-refractivity contribution in [3.05, 3.63) is 69.3 Å². The molecule has 0 bridgehead atoms. The van der Waals surface area contributed by atoms with Gasteiger partial charge in [-0.2, -0.15) is 0 Å². The van der Waals surface area contributed by atoms with Gasteiger partial charge in [0.15, 0.2) is 0 Å². The molecular formula is C21H24N4O5. The predicted octanol–water partition coefficient (Wildman–Crippen LogP) is 2.88. The van der Waals surface area contributed by atoms with E-state index in [1.54, 1.807) is 13.2 Å². The van der Waals surface area contributed by atoms with Crippen LogP contribution in [-0.2, 0) is 9.57 Å². The lowest BCUT2D eigenvalue weighted by Gasteiger charge is -2.11. The van der Waals surface area contributed by atoms with Gasteiger partial charge >= 0.3 is 0 Å². The summed E-state index contributed by atoms with van der Waals surface area (Å²) in [4.78, 5) is 28.7. The van der Waals surface area contributed by atoms with Gasteiger partial charge in [-0.15, -0.1) is 0 Å². The largest absolute Gasteiger partial charge is 0.390 e. The van der Waals surface area contributed by atoms with E-state index in [-0.39, 0.29) is 23.9 Å². The number of hydrogen-bond acceptors (Lipinski definition) is 7. The van der Waals surface area contributed by atoms with Crippen LogP contribution in [0.2, 0.25) is 0 Å². The van der Waals surface area contributed by atoms with Crippen LogP contribution >= 0.6 is 0 Å². The van der Waals surface area contributed by atoms with Crippen molar-refractivity contribution in [2.24, 2.45) is 5.16 Å². The van der Waals surface area contributed by atoms with Crippen LogP contribution in [-0.4, -0.2) is 49.5 Å². The van der Waals surface area contributed by atoms with E-state index in [0.29, 0.717) is 25.3 Å². The van der Waals surface area contributed by atoms with E-state index >= 15 is 0 Å². The van der Waals surface area contributed by atoms with Crippen LogP contribution < -0.4 is 10.6 Å². The topological polar surface area (TPSA) is 115 Å². The lowest BCUT2D eigenvalue weighted by molar-refractivity contribution is -0.384. The Morgan fingerprint density at radius 2 is 2.07 bits per heavy atom. The van der Waals surface area contributed by atoms with Crippen molar-refractivity contribution >= 4 is 23.0 Å². The average molecular weight is 412 g/mol. The first-order valence-corrected chi connectivity index (χ1v) is 9.57. The number of nitro groups is 1. The number of nitro benzene ring substituents is 1. The molecule has 0 unspecified atom stereocenters. The maximum Gasteiger partial charge on any atom is 0.293 e. The quantitative estimate of drug-likeness (QED) is 0.372. The van der Waals surface area contributed by atoms with Gasteiger partial charge < -0.3 is 20.2 Å². The Kier molecular flexibility index (Phi) is 6.97. The summed E-state index contributed by atoms with van der Waals surface area (Å²) in [7, 11) is 1.55. The molecule has 2 N–H and O–H groups in total. The summed E-state index contributed by atoms with van der Waals surface area (Å²) in [6, 6.07) is 12.3. The van der Waals surface area contributed by atoms with E-state index in [1.807, 2.05) is 31.2 Å². The lowest BCUT2D eigenvalue weighted by Crippen LogP contribution is -2.32. The molecule has 1 aliphatic rings. The minimum atomic E-state index is -0.520. The summed E-state index contributed by atoms with van der Waals surface area (Å²) in [5, 5.41) is 21.2. The van der Waals surface area contributed by atoms with Crippen molar-refractivity contribution < 1.29 is 19.3 Å². The second kappa shape index (κ2) is 9.84. The molecule has 1 heterocycles. The molecule has 9 nitrogen and oxygen atoms in total. The highest BCUT2D eigenvalue weighted by Gasteiger charge is 2.23. The van der Waals surface area contributed by atoms with Gasteiger partial charge in [-0.25, -0.2) is 0 Å². The minimum absolute atomic E-state index is 0.166. The highest BCUT2D eigenvalue weighted by molar-refractivity contribution is 6.01. The van der Waals surface area contributed by atoms with Crippen molar-refractivity contribution in [2.45, 2.75) is 19.4 Å². The molecule has 0 saturated carbocycles. The van der Waals surface area contributed by atoms with E-state index in [9.17, 15) is 14.9 Å². The number of benzene rings is 2. The molecule has 1 aliphatic heterocycles. The Morgan fingerprint density at radius 3 is 2.77 bits per heavy atom. The van der Waals surface area contributed by atoms with Crippen molar-refractivity contribution in [2.75, 3.05) is 32.1 Å². The molecule has 1 amide bonds. The normalized spacial score (nSPS) is 15.3. The number of anilines is 1. The van der Waals surface area contributed by atoms with Gasteiger partial charge in [0.2, 0.25) is 0 Å². The molecule has 0 aromatic heterocycles. The number of amides is 1. The summed E-state index contributed by atoms with van der Waals surface area (Å²) in [6.45, 7) is 3.10. The fraction of sp³-hybridized carbons (Fsp3) is 0.333. The van der Waals surface area contributed by atoms with Crippen LogP contribution in [0.15, 0.2) is 47.6 Å². The van der Waals surface area contributed by atoms with Crippen LogP contribution in [0.5, 0.6) is 0 Å². The fourth-order valence-electron chi connectivity index (χ4n) is 3.02. The highest BCUT2D eigenvalue weighted by atomic mass is 16.6. The van der Waals surface area contributed by atoms with Gasteiger partial charge in [0, 0.05) is 31.7 Å². The zero-order valence-electron chi connectivity index (χ0n) is 16.9.